The maximum atomic E-state index is 12.7. The van der Waals surface area contributed by atoms with Crippen LogP contribution in [0.2, 0.25) is 0 Å². The van der Waals surface area contributed by atoms with E-state index in [4.69, 9.17) is 13.9 Å². The van der Waals surface area contributed by atoms with Gasteiger partial charge in [-0.2, -0.15) is 0 Å². The van der Waals surface area contributed by atoms with Crippen LogP contribution in [0.4, 0.5) is 5.69 Å². The predicted molar refractivity (Wildman–Crippen MR) is 115 cm³/mol. The molecule has 6 heteroatoms. The Kier molecular flexibility index (Phi) is 5.93. The summed E-state index contributed by atoms with van der Waals surface area (Å²) in [5.74, 6) is 1.82. The summed E-state index contributed by atoms with van der Waals surface area (Å²) in [5, 5.41) is 2.91. The number of carbonyl (C=O) groups is 1. The Morgan fingerprint density at radius 3 is 2.73 bits per heavy atom. The average Bonchev–Trinajstić information content (AvgIpc) is 3.36. The molecule has 1 aliphatic rings. The molecule has 0 bridgehead atoms. The molecule has 1 N–H and O–H groups in total. The van der Waals surface area contributed by atoms with Gasteiger partial charge in [0.15, 0.2) is 11.5 Å². The fraction of sp³-hybridized carbons (Fsp3) is 0.292. The lowest BCUT2D eigenvalue weighted by molar-refractivity contribution is 0.0944. The number of amides is 1. The number of benzene rings is 2. The van der Waals surface area contributed by atoms with E-state index >= 15 is 0 Å². The Hall–Kier alpha value is -3.41. The molecule has 1 aliphatic heterocycles. The number of anilines is 1. The van der Waals surface area contributed by atoms with E-state index in [1.807, 2.05) is 30.3 Å². The highest BCUT2D eigenvalue weighted by Crippen LogP contribution is 2.33. The molecule has 0 spiro atoms. The number of para-hydroxylation sites is 3. The molecule has 0 aliphatic carbocycles. The summed E-state index contributed by atoms with van der Waals surface area (Å²) in [7, 11) is 1.60. The summed E-state index contributed by atoms with van der Waals surface area (Å²) in [6, 6.07) is 17.9. The zero-order valence-corrected chi connectivity index (χ0v) is 17.3. The molecule has 0 fully saturated rings. The third kappa shape index (κ3) is 4.13. The Labute approximate surface area is 176 Å². The SMILES string of the molecule is COc1ccccc1OCCNC(=O)c1ccoc1CN1c2ccccc2CC1C. The van der Waals surface area contributed by atoms with Crippen LogP contribution in [0.15, 0.2) is 65.3 Å². The van der Waals surface area contributed by atoms with Crippen molar-refractivity contribution in [3.05, 3.63) is 77.7 Å². The van der Waals surface area contributed by atoms with Crippen LogP contribution in [0.25, 0.3) is 0 Å². The Balaban J connectivity index is 1.35. The van der Waals surface area contributed by atoms with Crippen molar-refractivity contribution in [2.45, 2.75) is 25.9 Å². The zero-order valence-electron chi connectivity index (χ0n) is 17.3. The summed E-state index contributed by atoms with van der Waals surface area (Å²) in [4.78, 5) is 15.0. The van der Waals surface area contributed by atoms with Gasteiger partial charge in [0.2, 0.25) is 0 Å². The molecule has 1 unspecified atom stereocenters. The Bertz CT molecular complexity index is 1010. The van der Waals surface area contributed by atoms with Gasteiger partial charge in [-0.25, -0.2) is 0 Å². The fourth-order valence-corrected chi connectivity index (χ4v) is 3.85. The van der Waals surface area contributed by atoms with Crippen LogP contribution in [0.5, 0.6) is 11.5 Å². The summed E-state index contributed by atoms with van der Waals surface area (Å²) in [6.45, 7) is 3.48. The van der Waals surface area contributed by atoms with Gasteiger partial charge >= 0.3 is 0 Å². The van der Waals surface area contributed by atoms with E-state index < -0.39 is 0 Å². The first-order valence-corrected chi connectivity index (χ1v) is 10.1. The van der Waals surface area contributed by atoms with Gasteiger partial charge in [-0.05, 0) is 43.2 Å². The summed E-state index contributed by atoms with van der Waals surface area (Å²) in [5.41, 5.74) is 3.10. The minimum absolute atomic E-state index is 0.164. The number of furan rings is 1. The second-order valence-electron chi connectivity index (χ2n) is 7.32. The highest BCUT2D eigenvalue weighted by molar-refractivity contribution is 5.95. The van der Waals surface area contributed by atoms with Crippen LogP contribution in [0, 0.1) is 0 Å². The normalized spacial score (nSPS) is 15.0. The van der Waals surface area contributed by atoms with Gasteiger partial charge in [0.05, 0.1) is 32.0 Å². The number of nitrogens with one attached hydrogen (secondary N) is 1. The number of hydrogen-bond donors (Lipinski definition) is 1. The molecule has 1 aromatic heterocycles. The van der Waals surface area contributed by atoms with Crippen molar-refractivity contribution >= 4 is 11.6 Å². The lowest BCUT2D eigenvalue weighted by Gasteiger charge is -2.24. The minimum Gasteiger partial charge on any atom is -0.493 e. The number of fused-ring (bicyclic) bond motifs is 1. The quantitative estimate of drug-likeness (QED) is 0.572. The second kappa shape index (κ2) is 8.95. The van der Waals surface area contributed by atoms with E-state index in [0.717, 1.165) is 6.42 Å². The molecule has 2 aromatic carbocycles. The van der Waals surface area contributed by atoms with E-state index in [0.29, 0.717) is 48.6 Å². The molecule has 3 aromatic rings. The standard InChI is InChI=1S/C24H26N2O4/c1-17-15-18-7-3-4-8-20(18)26(17)16-23-19(11-13-29-23)24(27)25-12-14-30-22-10-6-5-9-21(22)28-2/h3-11,13,17H,12,14-16H2,1-2H3,(H,25,27). The van der Waals surface area contributed by atoms with Crippen molar-refractivity contribution in [3.63, 3.8) is 0 Å². The summed E-state index contributed by atoms with van der Waals surface area (Å²) < 4.78 is 16.6. The molecular weight excluding hydrogens is 380 g/mol. The highest BCUT2D eigenvalue weighted by Gasteiger charge is 2.27. The maximum Gasteiger partial charge on any atom is 0.255 e. The molecule has 1 atom stereocenters. The van der Waals surface area contributed by atoms with Gasteiger partial charge < -0.3 is 24.1 Å². The van der Waals surface area contributed by atoms with Crippen LogP contribution in [-0.2, 0) is 13.0 Å². The summed E-state index contributed by atoms with van der Waals surface area (Å²) >= 11 is 0. The van der Waals surface area contributed by atoms with Gasteiger partial charge in [0.25, 0.3) is 5.91 Å². The maximum absolute atomic E-state index is 12.7. The molecular formula is C24H26N2O4. The van der Waals surface area contributed by atoms with Crippen molar-refractivity contribution in [2.75, 3.05) is 25.2 Å². The molecule has 1 amide bonds. The lowest BCUT2D eigenvalue weighted by atomic mass is 10.1. The van der Waals surface area contributed by atoms with Gasteiger partial charge in [-0.1, -0.05) is 30.3 Å². The molecule has 0 saturated heterocycles. The van der Waals surface area contributed by atoms with E-state index in [9.17, 15) is 4.79 Å². The molecule has 0 saturated carbocycles. The van der Waals surface area contributed by atoms with E-state index in [2.05, 4.69) is 35.3 Å². The number of rotatable bonds is 8. The van der Waals surface area contributed by atoms with Crippen LogP contribution in [-0.4, -0.2) is 32.2 Å². The number of carbonyl (C=O) groups excluding carboxylic acids is 1. The van der Waals surface area contributed by atoms with Gasteiger partial charge in [-0.15, -0.1) is 0 Å². The molecule has 156 valence electrons. The Morgan fingerprint density at radius 1 is 1.13 bits per heavy atom. The highest BCUT2D eigenvalue weighted by atomic mass is 16.5. The van der Waals surface area contributed by atoms with Crippen LogP contribution >= 0.6 is 0 Å². The number of hydrogen-bond acceptors (Lipinski definition) is 5. The first kappa shape index (κ1) is 19.9. The van der Waals surface area contributed by atoms with Crippen LogP contribution in [0.3, 0.4) is 0 Å². The van der Waals surface area contributed by atoms with Gasteiger partial charge in [-0.3, -0.25) is 4.79 Å². The van der Waals surface area contributed by atoms with E-state index in [1.54, 1.807) is 19.4 Å². The molecule has 0 radical (unpaired) electrons. The van der Waals surface area contributed by atoms with Gasteiger partial charge in [0.1, 0.15) is 12.4 Å². The van der Waals surface area contributed by atoms with Crippen LogP contribution in [0.1, 0.15) is 28.6 Å². The predicted octanol–water partition coefficient (Wildman–Crippen LogP) is 4.05. The second-order valence-corrected chi connectivity index (χ2v) is 7.32. The van der Waals surface area contributed by atoms with Gasteiger partial charge in [0, 0.05) is 11.7 Å². The number of nitrogens with zero attached hydrogens (tertiary/aromatic N) is 1. The monoisotopic (exact) mass is 406 g/mol. The smallest absolute Gasteiger partial charge is 0.255 e. The van der Waals surface area contributed by atoms with Crippen molar-refractivity contribution in [2.24, 2.45) is 0 Å². The first-order chi connectivity index (χ1) is 14.7. The van der Waals surface area contributed by atoms with Crippen molar-refractivity contribution in [1.29, 1.82) is 0 Å². The molecule has 6 nitrogen and oxygen atoms in total. The van der Waals surface area contributed by atoms with E-state index in [-0.39, 0.29) is 5.91 Å². The molecule has 2 heterocycles. The third-order valence-electron chi connectivity index (χ3n) is 5.37. The third-order valence-corrected chi connectivity index (χ3v) is 5.37. The first-order valence-electron chi connectivity index (χ1n) is 10.1. The van der Waals surface area contributed by atoms with Crippen molar-refractivity contribution in [3.8, 4) is 11.5 Å². The zero-order chi connectivity index (χ0) is 20.9. The average molecular weight is 406 g/mol. The van der Waals surface area contributed by atoms with Crippen LogP contribution < -0.4 is 19.7 Å². The number of methoxy groups -OCH3 is 1. The van der Waals surface area contributed by atoms with Crippen molar-refractivity contribution < 1.29 is 18.7 Å². The molecule has 30 heavy (non-hydrogen) atoms. The largest absolute Gasteiger partial charge is 0.493 e. The molecule has 4 rings (SSSR count). The number of ether oxygens (including phenoxy) is 2. The lowest BCUT2D eigenvalue weighted by Crippen LogP contribution is -2.31. The topological polar surface area (TPSA) is 63.9 Å². The van der Waals surface area contributed by atoms with Crippen molar-refractivity contribution in [1.82, 2.24) is 5.32 Å². The van der Waals surface area contributed by atoms with E-state index in [1.165, 1.54) is 11.3 Å². The summed E-state index contributed by atoms with van der Waals surface area (Å²) in [6.07, 6.45) is 2.57. The fourth-order valence-electron chi connectivity index (χ4n) is 3.85. The Morgan fingerprint density at radius 2 is 1.90 bits per heavy atom. The minimum atomic E-state index is -0.164.